The van der Waals surface area contributed by atoms with Gasteiger partial charge in [0, 0.05) is 21.8 Å². The standard InChI is InChI=1S/C15H15Cl2N/c1-10-7-8-12(16)9-15(10)18-11(2)13-5-3-4-6-14(13)17/h3-9,11,18H,1-2H3. The van der Waals surface area contributed by atoms with Gasteiger partial charge in [-0.1, -0.05) is 47.5 Å². The van der Waals surface area contributed by atoms with Crippen LogP contribution in [0.4, 0.5) is 5.69 Å². The van der Waals surface area contributed by atoms with Crippen molar-refractivity contribution in [1.29, 1.82) is 0 Å². The molecule has 0 aliphatic carbocycles. The van der Waals surface area contributed by atoms with Crippen LogP contribution in [0.15, 0.2) is 42.5 Å². The van der Waals surface area contributed by atoms with E-state index >= 15 is 0 Å². The lowest BCUT2D eigenvalue weighted by molar-refractivity contribution is 0.883. The first-order valence-corrected chi connectivity index (χ1v) is 6.60. The Bertz CT molecular complexity index is 552. The molecular weight excluding hydrogens is 265 g/mol. The molecular formula is C15H15Cl2N. The van der Waals surface area contributed by atoms with Crippen LogP contribution in [-0.2, 0) is 0 Å². The number of hydrogen-bond acceptors (Lipinski definition) is 1. The Morgan fingerprint density at radius 3 is 2.50 bits per heavy atom. The first kappa shape index (κ1) is 13.3. The van der Waals surface area contributed by atoms with E-state index in [1.165, 1.54) is 5.56 Å². The molecule has 1 nitrogen and oxygen atoms in total. The molecule has 18 heavy (non-hydrogen) atoms. The summed E-state index contributed by atoms with van der Waals surface area (Å²) < 4.78 is 0. The summed E-state index contributed by atoms with van der Waals surface area (Å²) in [5, 5.41) is 4.95. The molecule has 0 saturated carbocycles. The molecule has 3 heteroatoms. The van der Waals surface area contributed by atoms with Gasteiger partial charge < -0.3 is 5.32 Å². The molecule has 0 aliphatic rings. The van der Waals surface area contributed by atoms with Gasteiger partial charge in [0.2, 0.25) is 0 Å². The summed E-state index contributed by atoms with van der Waals surface area (Å²) >= 11 is 12.2. The Morgan fingerprint density at radius 2 is 1.78 bits per heavy atom. The first-order chi connectivity index (χ1) is 8.58. The minimum Gasteiger partial charge on any atom is -0.378 e. The van der Waals surface area contributed by atoms with Crippen LogP contribution in [0.3, 0.4) is 0 Å². The number of halogens is 2. The highest BCUT2D eigenvalue weighted by Gasteiger charge is 2.10. The summed E-state index contributed by atoms with van der Waals surface area (Å²) in [5.74, 6) is 0. The highest BCUT2D eigenvalue weighted by atomic mass is 35.5. The molecule has 0 aliphatic heterocycles. The second kappa shape index (κ2) is 5.64. The molecule has 2 aromatic rings. The monoisotopic (exact) mass is 279 g/mol. The summed E-state index contributed by atoms with van der Waals surface area (Å²) in [6, 6.07) is 13.8. The topological polar surface area (TPSA) is 12.0 Å². The molecule has 0 spiro atoms. The van der Waals surface area contributed by atoms with Crippen molar-refractivity contribution in [3.63, 3.8) is 0 Å². The maximum atomic E-state index is 6.19. The smallest absolute Gasteiger partial charge is 0.0500 e. The van der Waals surface area contributed by atoms with Gasteiger partial charge in [0.15, 0.2) is 0 Å². The molecule has 2 rings (SSSR count). The minimum absolute atomic E-state index is 0.135. The molecule has 0 aromatic heterocycles. The van der Waals surface area contributed by atoms with Crippen molar-refractivity contribution < 1.29 is 0 Å². The molecule has 0 saturated heterocycles. The van der Waals surface area contributed by atoms with Gasteiger partial charge >= 0.3 is 0 Å². The summed E-state index contributed by atoms with van der Waals surface area (Å²) in [6.07, 6.45) is 0. The molecule has 0 amide bonds. The zero-order chi connectivity index (χ0) is 13.1. The highest BCUT2D eigenvalue weighted by Crippen LogP contribution is 2.28. The second-order valence-corrected chi connectivity index (χ2v) is 5.19. The van der Waals surface area contributed by atoms with Gasteiger partial charge in [-0.3, -0.25) is 0 Å². The van der Waals surface area contributed by atoms with E-state index < -0.39 is 0 Å². The Labute approximate surface area is 118 Å². The lowest BCUT2D eigenvalue weighted by Gasteiger charge is -2.18. The van der Waals surface area contributed by atoms with Crippen LogP contribution in [0, 0.1) is 6.92 Å². The average molecular weight is 280 g/mol. The van der Waals surface area contributed by atoms with E-state index in [2.05, 4.69) is 19.2 Å². The Balaban J connectivity index is 2.24. The number of anilines is 1. The van der Waals surface area contributed by atoms with Crippen molar-refractivity contribution in [2.24, 2.45) is 0 Å². The largest absolute Gasteiger partial charge is 0.378 e. The Morgan fingerprint density at radius 1 is 1.06 bits per heavy atom. The zero-order valence-electron chi connectivity index (χ0n) is 10.4. The fourth-order valence-electron chi connectivity index (χ4n) is 1.89. The van der Waals surface area contributed by atoms with Crippen molar-refractivity contribution in [2.75, 3.05) is 5.32 Å². The number of rotatable bonds is 3. The fourth-order valence-corrected chi connectivity index (χ4v) is 2.36. The quantitative estimate of drug-likeness (QED) is 0.785. The fraction of sp³-hybridized carbons (Fsp3) is 0.200. The Kier molecular flexibility index (Phi) is 4.15. The van der Waals surface area contributed by atoms with Crippen LogP contribution in [0.2, 0.25) is 10.0 Å². The molecule has 0 radical (unpaired) electrons. The highest BCUT2D eigenvalue weighted by molar-refractivity contribution is 6.31. The van der Waals surface area contributed by atoms with Crippen LogP contribution >= 0.6 is 23.2 Å². The van der Waals surface area contributed by atoms with E-state index in [9.17, 15) is 0 Å². The van der Waals surface area contributed by atoms with E-state index in [1.54, 1.807) is 0 Å². The van der Waals surface area contributed by atoms with E-state index in [0.717, 1.165) is 21.3 Å². The van der Waals surface area contributed by atoms with Crippen LogP contribution in [0.5, 0.6) is 0 Å². The van der Waals surface area contributed by atoms with Gasteiger partial charge in [0.25, 0.3) is 0 Å². The molecule has 1 atom stereocenters. The van der Waals surface area contributed by atoms with Crippen molar-refractivity contribution >= 4 is 28.9 Å². The molecule has 1 unspecified atom stereocenters. The van der Waals surface area contributed by atoms with Crippen molar-refractivity contribution in [3.8, 4) is 0 Å². The van der Waals surface area contributed by atoms with Gasteiger partial charge in [0.05, 0.1) is 0 Å². The number of aryl methyl sites for hydroxylation is 1. The third kappa shape index (κ3) is 2.98. The molecule has 94 valence electrons. The normalized spacial score (nSPS) is 12.2. The van der Waals surface area contributed by atoms with Gasteiger partial charge in [-0.15, -0.1) is 0 Å². The number of hydrogen-bond donors (Lipinski definition) is 1. The number of benzene rings is 2. The van der Waals surface area contributed by atoms with Crippen molar-refractivity contribution in [3.05, 3.63) is 63.6 Å². The summed E-state index contributed by atoms with van der Waals surface area (Å²) in [5.41, 5.74) is 3.28. The van der Waals surface area contributed by atoms with Gasteiger partial charge in [-0.25, -0.2) is 0 Å². The van der Waals surface area contributed by atoms with Crippen molar-refractivity contribution in [2.45, 2.75) is 19.9 Å². The predicted molar refractivity (Wildman–Crippen MR) is 79.7 cm³/mol. The van der Waals surface area contributed by atoms with Gasteiger partial charge in [-0.2, -0.15) is 0 Å². The van der Waals surface area contributed by atoms with Crippen LogP contribution in [0.1, 0.15) is 24.1 Å². The third-order valence-corrected chi connectivity index (χ3v) is 3.52. The van der Waals surface area contributed by atoms with E-state index in [4.69, 9.17) is 23.2 Å². The lowest BCUT2D eigenvalue weighted by Crippen LogP contribution is -2.08. The van der Waals surface area contributed by atoms with E-state index in [1.807, 2.05) is 42.5 Å². The van der Waals surface area contributed by atoms with Gasteiger partial charge in [0.1, 0.15) is 0 Å². The summed E-state index contributed by atoms with van der Waals surface area (Å²) in [6.45, 7) is 4.14. The van der Waals surface area contributed by atoms with Crippen LogP contribution < -0.4 is 5.32 Å². The van der Waals surface area contributed by atoms with E-state index in [-0.39, 0.29) is 6.04 Å². The first-order valence-electron chi connectivity index (χ1n) is 5.85. The van der Waals surface area contributed by atoms with Crippen LogP contribution in [0.25, 0.3) is 0 Å². The lowest BCUT2D eigenvalue weighted by atomic mass is 10.1. The molecule has 0 bridgehead atoms. The molecule has 0 fully saturated rings. The SMILES string of the molecule is Cc1ccc(Cl)cc1NC(C)c1ccccc1Cl. The molecule has 1 N–H and O–H groups in total. The third-order valence-electron chi connectivity index (χ3n) is 2.94. The Hall–Kier alpha value is -1.18. The summed E-state index contributed by atoms with van der Waals surface area (Å²) in [4.78, 5) is 0. The van der Waals surface area contributed by atoms with Crippen molar-refractivity contribution in [1.82, 2.24) is 0 Å². The summed E-state index contributed by atoms with van der Waals surface area (Å²) in [7, 11) is 0. The maximum Gasteiger partial charge on any atom is 0.0500 e. The predicted octanol–water partition coefficient (Wildman–Crippen LogP) is 5.47. The minimum atomic E-state index is 0.135. The van der Waals surface area contributed by atoms with Crippen LogP contribution in [-0.4, -0.2) is 0 Å². The zero-order valence-corrected chi connectivity index (χ0v) is 11.9. The average Bonchev–Trinajstić information content (AvgIpc) is 2.34. The molecule has 0 heterocycles. The van der Waals surface area contributed by atoms with E-state index in [0.29, 0.717) is 0 Å². The van der Waals surface area contributed by atoms with Gasteiger partial charge in [-0.05, 0) is 43.2 Å². The second-order valence-electron chi connectivity index (χ2n) is 4.35. The number of nitrogens with one attached hydrogen (secondary N) is 1. The maximum absolute atomic E-state index is 6.19. The molecule has 2 aromatic carbocycles.